The molecule has 2 N–H and O–H groups in total. The first-order chi connectivity index (χ1) is 14.5. The zero-order valence-electron chi connectivity index (χ0n) is 18.5. The van der Waals surface area contributed by atoms with E-state index in [1.165, 1.54) is 0 Å². The Morgan fingerprint density at radius 2 is 1.68 bits per heavy atom. The Bertz CT molecular complexity index is 944. The minimum atomic E-state index is -1.06. The monoisotopic (exact) mass is 427 g/mol. The number of amides is 1. The van der Waals surface area contributed by atoms with E-state index in [2.05, 4.69) is 5.32 Å². The average molecular weight is 427 g/mol. The van der Waals surface area contributed by atoms with Crippen LogP contribution in [0.25, 0.3) is 0 Å². The van der Waals surface area contributed by atoms with Gasteiger partial charge < -0.3 is 19.9 Å². The normalized spacial score (nSPS) is 12.0. The number of rotatable bonds is 7. The molecule has 1 atom stereocenters. The Labute approximate surface area is 182 Å². The van der Waals surface area contributed by atoms with E-state index in [0.29, 0.717) is 11.1 Å². The number of nitrogens with one attached hydrogen (secondary N) is 1. The Hall–Kier alpha value is -3.35. The van der Waals surface area contributed by atoms with Gasteiger partial charge in [0.2, 0.25) is 0 Å². The van der Waals surface area contributed by atoms with Crippen LogP contribution in [0.3, 0.4) is 0 Å². The second-order valence-electron chi connectivity index (χ2n) is 8.41. The van der Waals surface area contributed by atoms with Crippen LogP contribution in [0.4, 0.5) is 4.79 Å². The van der Waals surface area contributed by atoms with Gasteiger partial charge in [0.1, 0.15) is 12.2 Å². The number of carbonyl (C=O) groups is 3. The van der Waals surface area contributed by atoms with Crippen LogP contribution in [0.15, 0.2) is 42.5 Å². The lowest BCUT2D eigenvalue weighted by atomic mass is 9.98. The number of hydrogen-bond acceptors (Lipinski definition) is 5. The summed E-state index contributed by atoms with van der Waals surface area (Å²) in [6.07, 6.45) is -0.673. The van der Waals surface area contributed by atoms with Gasteiger partial charge in [0.25, 0.3) is 0 Å². The van der Waals surface area contributed by atoms with Crippen LogP contribution < -0.4 is 5.32 Å². The van der Waals surface area contributed by atoms with Crippen LogP contribution in [0, 0.1) is 13.8 Å². The first-order valence-corrected chi connectivity index (χ1v) is 9.99. The third kappa shape index (κ3) is 7.44. The molecule has 0 bridgehead atoms. The van der Waals surface area contributed by atoms with Gasteiger partial charge >= 0.3 is 18.0 Å². The largest absolute Gasteiger partial charge is 0.481 e. The number of aryl methyl sites for hydroxylation is 2. The van der Waals surface area contributed by atoms with Gasteiger partial charge in [-0.1, -0.05) is 42.0 Å². The molecule has 2 rings (SSSR count). The standard InChI is InChI=1S/C24H29NO6/c1-15-6-11-19(16(2)12-15)22(28)30-14-17-7-9-18(10-8-17)20(21(26)27)13-25-23(29)31-24(3,4)5/h6-12,20H,13-14H2,1-5H3,(H,25,29)(H,26,27). The molecule has 0 aliphatic rings. The first-order valence-electron chi connectivity index (χ1n) is 9.99. The number of aliphatic carboxylic acids is 1. The third-order valence-corrected chi connectivity index (χ3v) is 4.50. The van der Waals surface area contributed by atoms with E-state index in [1.807, 2.05) is 26.0 Å². The van der Waals surface area contributed by atoms with Crippen LogP contribution in [0.1, 0.15) is 59.3 Å². The first kappa shape index (κ1) is 23.9. The lowest BCUT2D eigenvalue weighted by molar-refractivity contribution is -0.138. The number of carboxylic acids is 1. The van der Waals surface area contributed by atoms with Crippen molar-refractivity contribution in [2.75, 3.05) is 6.54 Å². The molecule has 0 fully saturated rings. The Morgan fingerprint density at radius 3 is 2.23 bits per heavy atom. The number of ether oxygens (including phenoxy) is 2. The molecule has 2 aromatic rings. The molecule has 166 valence electrons. The van der Waals surface area contributed by atoms with Crippen molar-refractivity contribution in [1.82, 2.24) is 5.32 Å². The lowest BCUT2D eigenvalue weighted by Gasteiger charge is -2.21. The minimum absolute atomic E-state index is 0.0698. The maximum absolute atomic E-state index is 12.3. The predicted octanol–water partition coefficient (Wildman–Crippen LogP) is 4.35. The van der Waals surface area contributed by atoms with Gasteiger partial charge in [0.15, 0.2) is 0 Å². The second-order valence-corrected chi connectivity index (χ2v) is 8.41. The van der Waals surface area contributed by atoms with E-state index in [0.717, 1.165) is 16.7 Å². The number of esters is 1. The smallest absolute Gasteiger partial charge is 0.407 e. The molecule has 1 unspecified atom stereocenters. The fourth-order valence-corrected chi connectivity index (χ4v) is 2.96. The van der Waals surface area contributed by atoms with E-state index in [1.54, 1.807) is 51.1 Å². The number of carbonyl (C=O) groups excluding carboxylic acids is 2. The van der Waals surface area contributed by atoms with E-state index >= 15 is 0 Å². The van der Waals surface area contributed by atoms with Crippen molar-refractivity contribution < 1.29 is 29.0 Å². The Kier molecular flexibility index (Phi) is 7.80. The van der Waals surface area contributed by atoms with E-state index in [9.17, 15) is 19.5 Å². The van der Waals surface area contributed by atoms with E-state index in [-0.39, 0.29) is 13.2 Å². The molecule has 1 amide bonds. The van der Waals surface area contributed by atoms with Gasteiger partial charge in [-0.3, -0.25) is 4.79 Å². The van der Waals surface area contributed by atoms with Crippen molar-refractivity contribution in [3.63, 3.8) is 0 Å². The van der Waals surface area contributed by atoms with Crippen LogP contribution in [0.2, 0.25) is 0 Å². The molecule has 0 aromatic heterocycles. The minimum Gasteiger partial charge on any atom is -0.481 e. The van der Waals surface area contributed by atoms with Gasteiger partial charge in [0, 0.05) is 6.54 Å². The fourth-order valence-electron chi connectivity index (χ4n) is 2.96. The molecule has 0 saturated heterocycles. The maximum Gasteiger partial charge on any atom is 0.407 e. The van der Waals surface area contributed by atoms with Crippen molar-refractivity contribution in [2.45, 2.75) is 52.7 Å². The molecule has 2 aromatic carbocycles. The van der Waals surface area contributed by atoms with Crippen molar-refractivity contribution in [2.24, 2.45) is 0 Å². The summed E-state index contributed by atoms with van der Waals surface area (Å²) in [4.78, 5) is 35.8. The van der Waals surface area contributed by atoms with E-state index < -0.39 is 29.6 Å². The van der Waals surface area contributed by atoms with Crippen LogP contribution >= 0.6 is 0 Å². The van der Waals surface area contributed by atoms with Crippen LogP contribution in [-0.2, 0) is 20.9 Å². The Balaban J connectivity index is 1.97. The van der Waals surface area contributed by atoms with Gasteiger partial charge in [-0.15, -0.1) is 0 Å². The molecular weight excluding hydrogens is 398 g/mol. The highest BCUT2D eigenvalue weighted by Crippen LogP contribution is 2.18. The van der Waals surface area contributed by atoms with Gasteiger partial charge in [0.05, 0.1) is 11.5 Å². The van der Waals surface area contributed by atoms with Crippen molar-refractivity contribution >= 4 is 18.0 Å². The zero-order chi connectivity index (χ0) is 23.2. The quantitative estimate of drug-likeness (QED) is 0.637. The topological polar surface area (TPSA) is 102 Å². The number of benzene rings is 2. The predicted molar refractivity (Wildman–Crippen MR) is 116 cm³/mol. The summed E-state index contributed by atoms with van der Waals surface area (Å²) in [5.74, 6) is -2.41. The SMILES string of the molecule is Cc1ccc(C(=O)OCc2ccc(C(CNC(=O)OC(C)(C)C)C(=O)O)cc2)c(C)c1. The summed E-state index contributed by atoms with van der Waals surface area (Å²) in [6.45, 7) is 8.96. The van der Waals surface area contributed by atoms with Gasteiger partial charge in [-0.2, -0.15) is 0 Å². The fraction of sp³-hybridized carbons (Fsp3) is 0.375. The summed E-state index contributed by atoms with van der Waals surface area (Å²) < 4.78 is 10.5. The van der Waals surface area contributed by atoms with Crippen molar-refractivity contribution in [1.29, 1.82) is 0 Å². The summed E-state index contributed by atoms with van der Waals surface area (Å²) in [6, 6.07) is 12.2. The number of carboxylic acid groups (broad SMARTS) is 1. The Morgan fingerprint density at radius 1 is 1.03 bits per heavy atom. The number of alkyl carbamates (subject to hydrolysis) is 1. The summed E-state index contributed by atoms with van der Waals surface area (Å²) in [5.41, 5.74) is 3.01. The zero-order valence-corrected chi connectivity index (χ0v) is 18.5. The third-order valence-electron chi connectivity index (χ3n) is 4.50. The molecule has 0 aliphatic carbocycles. The molecule has 0 radical (unpaired) electrons. The van der Waals surface area contributed by atoms with Crippen molar-refractivity contribution in [3.05, 3.63) is 70.3 Å². The number of hydrogen-bond donors (Lipinski definition) is 2. The molecule has 0 heterocycles. The average Bonchev–Trinajstić information content (AvgIpc) is 2.65. The molecule has 7 heteroatoms. The van der Waals surface area contributed by atoms with Gasteiger partial charge in [-0.05, 0) is 57.4 Å². The highest BCUT2D eigenvalue weighted by Gasteiger charge is 2.23. The highest BCUT2D eigenvalue weighted by atomic mass is 16.6. The van der Waals surface area contributed by atoms with E-state index in [4.69, 9.17) is 9.47 Å². The summed E-state index contributed by atoms with van der Waals surface area (Å²) >= 11 is 0. The van der Waals surface area contributed by atoms with Crippen LogP contribution in [-0.4, -0.2) is 35.3 Å². The molecule has 0 spiro atoms. The molecule has 0 aliphatic heterocycles. The summed E-state index contributed by atoms with van der Waals surface area (Å²) in [5, 5.41) is 12.0. The molecule has 7 nitrogen and oxygen atoms in total. The molecular formula is C24H29NO6. The maximum atomic E-state index is 12.3. The lowest BCUT2D eigenvalue weighted by Crippen LogP contribution is -2.36. The molecule has 0 saturated carbocycles. The van der Waals surface area contributed by atoms with Gasteiger partial charge in [-0.25, -0.2) is 9.59 Å². The highest BCUT2D eigenvalue weighted by molar-refractivity contribution is 5.91. The van der Waals surface area contributed by atoms with Crippen LogP contribution in [0.5, 0.6) is 0 Å². The second kappa shape index (κ2) is 10.1. The summed E-state index contributed by atoms with van der Waals surface area (Å²) in [7, 11) is 0. The molecule has 31 heavy (non-hydrogen) atoms. The van der Waals surface area contributed by atoms with Crippen molar-refractivity contribution in [3.8, 4) is 0 Å².